The van der Waals surface area contributed by atoms with Gasteiger partial charge in [-0.25, -0.2) is 9.67 Å². The fraction of sp³-hybridized carbons (Fsp3) is 0.222. The SMILES string of the molecule is O=C(Nc1ccc(-n2cccn2)nc1)[C@H]1CCCN1C(=O)c1ccco1. The molecule has 0 aromatic carbocycles. The average molecular weight is 351 g/mol. The number of pyridine rings is 1. The van der Waals surface area contributed by atoms with Gasteiger partial charge >= 0.3 is 0 Å². The van der Waals surface area contributed by atoms with Gasteiger partial charge in [0.15, 0.2) is 11.6 Å². The van der Waals surface area contributed by atoms with E-state index in [1.807, 2.05) is 6.07 Å². The van der Waals surface area contributed by atoms with Crippen LogP contribution < -0.4 is 5.32 Å². The maximum absolute atomic E-state index is 12.6. The standard InChI is InChI=1S/C18H17N5O3/c24-17(14-4-1-9-22(14)18(25)15-5-2-11-26-15)21-13-6-7-16(19-12-13)23-10-3-8-20-23/h2-3,5-8,10-12,14H,1,4,9H2,(H,21,24)/t14-/m1/s1. The smallest absolute Gasteiger partial charge is 0.290 e. The minimum Gasteiger partial charge on any atom is -0.459 e. The van der Waals surface area contributed by atoms with E-state index < -0.39 is 6.04 Å². The van der Waals surface area contributed by atoms with Crippen LogP contribution >= 0.6 is 0 Å². The summed E-state index contributed by atoms with van der Waals surface area (Å²) in [6.07, 6.45) is 7.88. The largest absolute Gasteiger partial charge is 0.459 e. The molecule has 3 aromatic rings. The lowest BCUT2D eigenvalue weighted by atomic mass is 10.2. The molecule has 26 heavy (non-hydrogen) atoms. The zero-order valence-corrected chi connectivity index (χ0v) is 13.9. The van der Waals surface area contributed by atoms with Crippen LogP contribution in [0.2, 0.25) is 0 Å². The minimum absolute atomic E-state index is 0.226. The first-order valence-corrected chi connectivity index (χ1v) is 8.34. The van der Waals surface area contributed by atoms with Crippen molar-refractivity contribution in [2.75, 3.05) is 11.9 Å². The van der Waals surface area contributed by atoms with Crippen LogP contribution in [0.3, 0.4) is 0 Å². The van der Waals surface area contributed by atoms with Crippen LogP contribution in [0.4, 0.5) is 5.69 Å². The molecule has 1 aliphatic rings. The highest BCUT2D eigenvalue weighted by Crippen LogP contribution is 2.22. The molecule has 0 aliphatic carbocycles. The monoisotopic (exact) mass is 351 g/mol. The van der Waals surface area contributed by atoms with E-state index >= 15 is 0 Å². The van der Waals surface area contributed by atoms with Crippen molar-refractivity contribution in [1.29, 1.82) is 0 Å². The molecule has 0 radical (unpaired) electrons. The molecule has 0 unspecified atom stereocenters. The normalized spacial score (nSPS) is 16.6. The van der Waals surface area contributed by atoms with E-state index in [4.69, 9.17) is 4.42 Å². The van der Waals surface area contributed by atoms with Crippen molar-refractivity contribution in [1.82, 2.24) is 19.7 Å². The molecular weight excluding hydrogens is 334 g/mol. The van der Waals surface area contributed by atoms with Crippen molar-refractivity contribution in [2.45, 2.75) is 18.9 Å². The number of aromatic nitrogens is 3. The van der Waals surface area contributed by atoms with Crippen molar-refractivity contribution in [3.8, 4) is 5.82 Å². The van der Waals surface area contributed by atoms with Gasteiger partial charge in [0.25, 0.3) is 5.91 Å². The Bertz CT molecular complexity index is 888. The topological polar surface area (TPSA) is 93.3 Å². The van der Waals surface area contributed by atoms with Gasteiger partial charge in [0.2, 0.25) is 5.91 Å². The lowest BCUT2D eigenvalue weighted by Crippen LogP contribution is -2.43. The second-order valence-electron chi connectivity index (χ2n) is 5.98. The van der Waals surface area contributed by atoms with E-state index in [-0.39, 0.29) is 17.6 Å². The fourth-order valence-corrected chi connectivity index (χ4v) is 3.05. The van der Waals surface area contributed by atoms with Gasteiger partial charge in [0.1, 0.15) is 6.04 Å². The molecule has 0 bridgehead atoms. The van der Waals surface area contributed by atoms with E-state index in [9.17, 15) is 9.59 Å². The Balaban J connectivity index is 1.44. The molecule has 4 heterocycles. The summed E-state index contributed by atoms with van der Waals surface area (Å²) in [6, 6.07) is 8.08. The summed E-state index contributed by atoms with van der Waals surface area (Å²) in [6.45, 7) is 0.536. The molecule has 2 amide bonds. The number of nitrogens with zero attached hydrogens (tertiary/aromatic N) is 4. The summed E-state index contributed by atoms with van der Waals surface area (Å²) in [4.78, 5) is 31.0. The fourth-order valence-electron chi connectivity index (χ4n) is 3.05. The summed E-state index contributed by atoms with van der Waals surface area (Å²) < 4.78 is 6.79. The Hall–Kier alpha value is -3.42. The first-order chi connectivity index (χ1) is 12.7. The maximum atomic E-state index is 12.6. The summed E-state index contributed by atoms with van der Waals surface area (Å²) in [5, 5.41) is 6.94. The van der Waals surface area contributed by atoms with Crippen molar-refractivity contribution >= 4 is 17.5 Å². The highest BCUT2D eigenvalue weighted by molar-refractivity contribution is 6.00. The van der Waals surface area contributed by atoms with Crippen LogP contribution in [-0.2, 0) is 4.79 Å². The Morgan fingerprint density at radius 3 is 2.85 bits per heavy atom. The number of anilines is 1. The van der Waals surface area contributed by atoms with E-state index in [0.29, 0.717) is 24.5 Å². The van der Waals surface area contributed by atoms with Gasteiger partial charge in [-0.05, 0) is 43.2 Å². The number of nitrogens with one attached hydrogen (secondary N) is 1. The van der Waals surface area contributed by atoms with E-state index in [0.717, 1.165) is 6.42 Å². The van der Waals surface area contributed by atoms with Crippen molar-refractivity contribution in [3.63, 3.8) is 0 Å². The average Bonchev–Trinajstić information content (AvgIpc) is 3.44. The lowest BCUT2D eigenvalue weighted by Gasteiger charge is -2.23. The van der Waals surface area contributed by atoms with Crippen molar-refractivity contribution < 1.29 is 14.0 Å². The summed E-state index contributed by atoms with van der Waals surface area (Å²) in [7, 11) is 0. The predicted octanol–water partition coefficient (Wildman–Crippen LogP) is 2.10. The minimum atomic E-state index is -0.515. The maximum Gasteiger partial charge on any atom is 0.290 e. The Kier molecular flexibility index (Phi) is 4.22. The predicted molar refractivity (Wildman–Crippen MR) is 92.8 cm³/mol. The number of carbonyl (C=O) groups excluding carboxylic acids is 2. The van der Waals surface area contributed by atoms with Crippen LogP contribution in [0, 0.1) is 0 Å². The lowest BCUT2D eigenvalue weighted by molar-refractivity contribution is -0.119. The highest BCUT2D eigenvalue weighted by Gasteiger charge is 2.35. The van der Waals surface area contributed by atoms with Crippen LogP contribution in [0.5, 0.6) is 0 Å². The van der Waals surface area contributed by atoms with Gasteiger partial charge < -0.3 is 14.6 Å². The number of likely N-dealkylation sites (tertiary alicyclic amines) is 1. The van der Waals surface area contributed by atoms with Gasteiger partial charge in [-0.15, -0.1) is 0 Å². The van der Waals surface area contributed by atoms with Crippen LogP contribution in [-0.4, -0.2) is 44.1 Å². The first-order valence-electron chi connectivity index (χ1n) is 8.34. The zero-order chi connectivity index (χ0) is 17.9. The van der Waals surface area contributed by atoms with Gasteiger partial charge in [0.05, 0.1) is 18.1 Å². The van der Waals surface area contributed by atoms with Crippen LogP contribution in [0.25, 0.3) is 5.82 Å². The summed E-state index contributed by atoms with van der Waals surface area (Å²) >= 11 is 0. The molecule has 1 fully saturated rings. The number of furan rings is 1. The van der Waals surface area contributed by atoms with Gasteiger partial charge in [-0.1, -0.05) is 0 Å². The Labute approximate surface area is 149 Å². The van der Waals surface area contributed by atoms with Crippen LogP contribution in [0.1, 0.15) is 23.4 Å². The molecule has 0 saturated carbocycles. The van der Waals surface area contributed by atoms with E-state index in [1.54, 1.807) is 52.4 Å². The van der Waals surface area contributed by atoms with Crippen molar-refractivity contribution in [3.05, 3.63) is 60.9 Å². The second kappa shape index (κ2) is 6.83. The molecule has 4 rings (SSSR count). The first kappa shape index (κ1) is 16.1. The molecule has 1 atom stereocenters. The van der Waals surface area contributed by atoms with Gasteiger partial charge in [0, 0.05) is 18.9 Å². The number of carbonyl (C=O) groups is 2. The Morgan fingerprint density at radius 2 is 2.15 bits per heavy atom. The molecule has 0 spiro atoms. The molecule has 1 aliphatic heterocycles. The molecule has 8 heteroatoms. The number of rotatable bonds is 4. The number of hydrogen-bond donors (Lipinski definition) is 1. The second-order valence-corrected chi connectivity index (χ2v) is 5.98. The van der Waals surface area contributed by atoms with Gasteiger partial charge in [-0.3, -0.25) is 9.59 Å². The number of amides is 2. The molecule has 132 valence electrons. The molecule has 3 aromatic heterocycles. The van der Waals surface area contributed by atoms with Crippen molar-refractivity contribution in [2.24, 2.45) is 0 Å². The van der Waals surface area contributed by atoms with E-state index in [2.05, 4.69) is 15.4 Å². The highest BCUT2D eigenvalue weighted by atomic mass is 16.3. The molecule has 8 nitrogen and oxygen atoms in total. The van der Waals surface area contributed by atoms with E-state index in [1.165, 1.54) is 6.26 Å². The third-order valence-electron chi connectivity index (χ3n) is 4.30. The zero-order valence-electron chi connectivity index (χ0n) is 13.9. The molecule has 1 saturated heterocycles. The number of hydrogen-bond acceptors (Lipinski definition) is 5. The molecule has 1 N–H and O–H groups in total. The molecular formula is C18H17N5O3. The third-order valence-corrected chi connectivity index (χ3v) is 4.30. The third kappa shape index (κ3) is 3.08. The summed E-state index contributed by atoms with van der Waals surface area (Å²) in [5.74, 6) is 0.411. The summed E-state index contributed by atoms with van der Waals surface area (Å²) in [5.41, 5.74) is 0.572. The quantitative estimate of drug-likeness (QED) is 0.777. The van der Waals surface area contributed by atoms with Crippen LogP contribution in [0.15, 0.2) is 59.6 Å². The Morgan fingerprint density at radius 1 is 1.23 bits per heavy atom. The van der Waals surface area contributed by atoms with Gasteiger partial charge in [-0.2, -0.15) is 5.10 Å².